The highest BCUT2D eigenvalue weighted by Gasteiger charge is 2.28. The van der Waals surface area contributed by atoms with Crippen LogP contribution in [0.4, 0.5) is 4.79 Å². The van der Waals surface area contributed by atoms with Crippen LogP contribution in [0.3, 0.4) is 0 Å². The van der Waals surface area contributed by atoms with E-state index in [0.29, 0.717) is 6.61 Å². The first kappa shape index (κ1) is 14.6. The van der Waals surface area contributed by atoms with E-state index < -0.39 is 12.2 Å². The van der Waals surface area contributed by atoms with E-state index in [4.69, 9.17) is 4.74 Å². The highest BCUT2D eigenvalue weighted by molar-refractivity contribution is 5.79. The average Bonchev–Trinajstić information content (AvgIpc) is 2.85. The summed E-state index contributed by atoms with van der Waals surface area (Å²) in [5.41, 5.74) is 4.78. The lowest BCUT2D eigenvalue weighted by Crippen LogP contribution is -2.31. The van der Waals surface area contributed by atoms with Crippen molar-refractivity contribution in [3.8, 4) is 11.1 Å². The quantitative estimate of drug-likeness (QED) is 0.912. The molecular weight excluding hydrogens is 278 g/mol. The predicted molar refractivity (Wildman–Crippen MR) is 84.8 cm³/mol. The van der Waals surface area contributed by atoms with Crippen LogP contribution >= 0.6 is 0 Å². The molecule has 0 radical (unpaired) electrons. The first-order valence-corrected chi connectivity index (χ1v) is 7.43. The minimum atomic E-state index is -0.583. The van der Waals surface area contributed by atoms with Gasteiger partial charge in [0.05, 0.1) is 6.10 Å². The number of rotatable bonds is 4. The second kappa shape index (κ2) is 6.20. The Balaban J connectivity index is 1.75. The van der Waals surface area contributed by atoms with Gasteiger partial charge < -0.3 is 15.2 Å². The Hall–Kier alpha value is -2.33. The summed E-state index contributed by atoms with van der Waals surface area (Å²) in [7, 11) is 0. The fourth-order valence-electron chi connectivity index (χ4n) is 2.88. The van der Waals surface area contributed by atoms with Gasteiger partial charge in [0.25, 0.3) is 0 Å². The number of carbonyl (C=O) groups is 1. The maximum atomic E-state index is 11.7. The van der Waals surface area contributed by atoms with Crippen molar-refractivity contribution in [3.63, 3.8) is 0 Å². The SMILES string of the molecule is CC(O)CNC(=O)OCC1c2ccccc2-c2ccccc21. The van der Waals surface area contributed by atoms with Crippen molar-refractivity contribution in [1.29, 1.82) is 0 Å². The third-order valence-corrected chi connectivity index (χ3v) is 3.89. The molecule has 1 aliphatic rings. The molecule has 1 amide bonds. The van der Waals surface area contributed by atoms with Crippen LogP contribution in [0.1, 0.15) is 24.0 Å². The van der Waals surface area contributed by atoms with Crippen LogP contribution in [0.25, 0.3) is 11.1 Å². The first-order chi connectivity index (χ1) is 10.7. The van der Waals surface area contributed by atoms with E-state index in [1.165, 1.54) is 22.3 Å². The number of hydrogen-bond acceptors (Lipinski definition) is 3. The van der Waals surface area contributed by atoms with Gasteiger partial charge in [-0.05, 0) is 29.2 Å². The Labute approximate surface area is 129 Å². The van der Waals surface area contributed by atoms with E-state index in [1.54, 1.807) is 6.92 Å². The largest absolute Gasteiger partial charge is 0.449 e. The first-order valence-electron chi connectivity index (χ1n) is 7.43. The number of hydrogen-bond donors (Lipinski definition) is 2. The molecule has 114 valence electrons. The number of benzene rings is 2. The smallest absolute Gasteiger partial charge is 0.407 e. The standard InChI is InChI=1S/C18H19NO3/c1-12(20)10-19-18(21)22-11-17-15-8-4-2-6-13(15)14-7-3-5-9-16(14)17/h2-9,12,17,20H,10-11H2,1H3,(H,19,21). The second-order valence-electron chi connectivity index (χ2n) is 5.56. The fourth-order valence-corrected chi connectivity index (χ4v) is 2.88. The lowest BCUT2D eigenvalue weighted by Gasteiger charge is -2.15. The monoisotopic (exact) mass is 297 g/mol. The van der Waals surface area contributed by atoms with Crippen LogP contribution in [0, 0.1) is 0 Å². The van der Waals surface area contributed by atoms with Crippen molar-refractivity contribution < 1.29 is 14.6 Å². The molecular formula is C18H19NO3. The number of amides is 1. The van der Waals surface area contributed by atoms with Gasteiger partial charge >= 0.3 is 6.09 Å². The minimum Gasteiger partial charge on any atom is -0.449 e. The molecule has 1 atom stereocenters. The number of aliphatic hydroxyl groups excluding tert-OH is 1. The molecule has 0 saturated heterocycles. The topological polar surface area (TPSA) is 58.6 Å². The normalized spacial score (nSPS) is 14.1. The minimum absolute atomic E-state index is 0.0599. The zero-order valence-corrected chi connectivity index (χ0v) is 12.5. The summed E-state index contributed by atoms with van der Waals surface area (Å²) in [6, 6.07) is 16.4. The van der Waals surface area contributed by atoms with E-state index in [-0.39, 0.29) is 12.5 Å². The summed E-state index contributed by atoms with van der Waals surface area (Å²) in [5.74, 6) is 0.0599. The van der Waals surface area contributed by atoms with Crippen molar-refractivity contribution in [2.75, 3.05) is 13.2 Å². The van der Waals surface area contributed by atoms with Crippen LogP contribution < -0.4 is 5.32 Å². The summed E-state index contributed by atoms with van der Waals surface area (Å²) in [6.45, 7) is 2.10. The van der Waals surface area contributed by atoms with E-state index in [9.17, 15) is 9.90 Å². The molecule has 0 saturated carbocycles. The van der Waals surface area contributed by atoms with Crippen molar-refractivity contribution in [2.45, 2.75) is 18.9 Å². The number of alkyl carbamates (subject to hydrolysis) is 1. The lowest BCUT2D eigenvalue weighted by atomic mass is 9.98. The number of ether oxygens (including phenoxy) is 1. The Morgan fingerprint density at radius 1 is 1.14 bits per heavy atom. The molecule has 0 heterocycles. The average molecular weight is 297 g/mol. The third kappa shape index (κ3) is 2.83. The maximum absolute atomic E-state index is 11.7. The molecule has 3 rings (SSSR count). The Kier molecular flexibility index (Phi) is 4.11. The van der Waals surface area contributed by atoms with E-state index >= 15 is 0 Å². The molecule has 22 heavy (non-hydrogen) atoms. The molecule has 1 unspecified atom stereocenters. The summed E-state index contributed by atoms with van der Waals surface area (Å²) < 4.78 is 5.33. The molecule has 4 heteroatoms. The molecule has 4 nitrogen and oxygen atoms in total. The molecule has 0 fully saturated rings. The Bertz CT molecular complexity index is 636. The number of nitrogens with one attached hydrogen (secondary N) is 1. The van der Waals surface area contributed by atoms with Gasteiger partial charge in [0.1, 0.15) is 6.61 Å². The Morgan fingerprint density at radius 3 is 2.23 bits per heavy atom. The van der Waals surface area contributed by atoms with Gasteiger partial charge in [-0.3, -0.25) is 0 Å². The summed E-state index contributed by atoms with van der Waals surface area (Å²) in [4.78, 5) is 11.7. The zero-order chi connectivity index (χ0) is 15.5. The van der Waals surface area contributed by atoms with Crippen molar-refractivity contribution >= 4 is 6.09 Å². The molecule has 2 N–H and O–H groups in total. The van der Waals surface area contributed by atoms with Gasteiger partial charge in [0.2, 0.25) is 0 Å². The highest BCUT2D eigenvalue weighted by atomic mass is 16.5. The number of fused-ring (bicyclic) bond motifs is 3. The number of aliphatic hydroxyl groups is 1. The van der Waals surface area contributed by atoms with Gasteiger partial charge in [-0.1, -0.05) is 48.5 Å². The van der Waals surface area contributed by atoms with Gasteiger partial charge in [0.15, 0.2) is 0 Å². The van der Waals surface area contributed by atoms with E-state index in [0.717, 1.165) is 0 Å². The third-order valence-electron chi connectivity index (χ3n) is 3.89. The maximum Gasteiger partial charge on any atom is 0.407 e. The number of carbonyl (C=O) groups excluding carboxylic acids is 1. The predicted octanol–water partition coefficient (Wildman–Crippen LogP) is 2.91. The van der Waals surface area contributed by atoms with Crippen LogP contribution in [0.15, 0.2) is 48.5 Å². The van der Waals surface area contributed by atoms with E-state index in [2.05, 4.69) is 29.6 Å². The molecule has 2 aromatic rings. The van der Waals surface area contributed by atoms with Crippen molar-refractivity contribution in [3.05, 3.63) is 59.7 Å². The zero-order valence-electron chi connectivity index (χ0n) is 12.5. The highest BCUT2D eigenvalue weighted by Crippen LogP contribution is 2.44. The molecule has 0 aromatic heterocycles. The second-order valence-corrected chi connectivity index (χ2v) is 5.56. The van der Waals surface area contributed by atoms with E-state index in [1.807, 2.05) is 24.3 Å². The van der Waals surface area contributed by atoms with Crippen LogP contribution in [-0.4, -0.2) is 30.5 Å². The van der Waals surface area contributed by atoms with Crippen LogP contribution in [-0.2, 0) is 4.74 Å². The Morgan fingerprint density at radius 2 is 1.68 bits per heavy atom. The molecule has 1 aliphatic carbocycles. The van der Waals surface area contributed by atoms with Crippen LogP contribution in [0.5, 0.6) is 0 Å². The van der Waals surface area contributed by atoms with Gasteiger partial charge in [-0.2, -0.15) is 0 Å². The summed E-state index contributed by atoms with van der Waals surface area (Å²) in [6.07, 6.45) is -1.08. The summed E-state index contributed by atoms with van der Waals surface area (Å²) >= 11 is 0. The van der Waals surface area contributed by atoms with Crippen molar-refractivity contribution in [1.82, 2.24) is 5.32 Å². The lowest BCUT2D eigenvalue weighted by molar-refractivity contribution is 0.132. The van der Waals surface area contributed by atoms with Crippen molar-refractivity contribution in [2.24, 2.45) is 0 Å². The summed E-state index contributed by atoms with van der Waals surface area (Å²) in [5, 5.41) is 11.7. The van der Waals surface area contributed by atoms with Crippen LogP contribution in [0.2, 0.25) is 0 Å². The molecule has 0 aliphatic heterocycles. The van der Waals surface area contributed by atoms with Gasteiger partial charge in [-0.15, -0.1) is 0 Å². The molecule has 2 aromatic carbocycles. The molecule has 0 spiro atoms. The van der Waals surface area contributed by atoms with Gasteiger partial charge in [-0.25, -0.2) is 4.79 Å². The van der Waals surface area contributed by atoms with Gasteiger partial charge in [0, 0.05) is 12.5 Å². The molecule has 0 bridgehead atoms. The fraction of sp³-hybridized carbons (Fsp3) is 0.278.